The van der Waals surface area contributed by atoms with Crippen LogP contribution in [0.1, 0.15) is 17.4 Å². The van der Waals surface area contributed by atoms with Gasteiger partial charge in [-0.15, -0.1) is 35.3 Å². The smallest absolute Gasteiger partial charge is 0.193 e. The molecule has 1 N–H and O–H groups in total. The summed E-state index contributed by atoms with van der Waals surface area (Å²) in [5.41, 5.74) is 0.936. The Morgan fingerprint density at radius 2 is 2.13 bits per heavy atom. The fourth-order valence-electron chi connectivity index (χ4n) is 2.18. The van der Waals surface area contributed by atoms with Gasteiger partial charge in [0.05, 0.1) is 0 Å². The molecule has 0 aliphatic rings. The average molecular weight is 447 g/mol. The van der Waals surface area contributed by atoms with Gasteiger partial charge in [0.15, 0.2) is 5.96 Å². The van der Waals surface area contributed by atoms with Gasteiger partial charge in [-0.25, -0.2) is 4.39 Å². The second-order valence-electron chi connectivity index (χ2n) is 5.05. The van der Waals surface area contributed by atoms with E-state index in [4.69, 9.17) is 0 Å². The Kier molecular flexibility index (Phi) is 9.16. The first-order valence-electron chi connectivity index (χ1n) is 7.45. The zero-order valence-corrected chi connectivity index (χ0v) is 16.6. The maximum Gasteiger partial charge on any atom is 0.193 e. The molecule has 0 radical (unpaired) electrons. The van der Waals surface area contributed by atoms with Crippen LogP contribution in [0.25, 0.3) is 0 Å². The molecule has 0 saturated carbocycles. The predicted molar refractivity (Wildman–Crippen MR) is 107 cm³/mol. The van der Waals surface area contributed by atoms with Crippen LogP contribution in [0.15, 0.2) is 46.8 Å². The minimum atomic E-state index is -0.203. The van der Waals surface area contributed by atoms with Crippen molar-refractivity contribution in [2.24, 2.45) is 4.99 Å². The van der Waals surface area contributed by atoms with Gasteiger partial charge in [0.1, 0.15) is 5.82 Å². The van der Waals surface area contributed by atoms with Crippen molar-refractivity contribution < 1.29 is 4.39 Å². The molecule has 6 heteroatoms. The number of rotatable bonds is 6. The topological polar surface area (TPSA) is 27.6 Å². The van der Waals surface area contributed by atoms with Gasteiger partial charge in [-0.3, -0.25) is 4.99 Å². The summed E-state index contributed by atoms with van der Waals surface area (Å²) in [4.78, 5) is 8.01. The molecule has 2 rings (SSSR count). The molecule has 0 atom stereocenters. The fourth-order valence-corrected chi connectivity index (χ4v) is 2.88. The molecule has 2 aromatic rings. The van der Waals surface area contributed by atoms with E-state index < -0.39 is 0 Å². The van der Waals surface area contributed by atoms with Crippen molar-refractivity contribution in [3.63, 3.8) is 0 Å². The second-order valence-corrected chi connectivity index (χ2v) is 6.08. The lowest BCUT2D eigenvalue weighted by molar-refractivity contribution is 0.475. The number of guanidine groups is 1. The van der Waals surface area contributed by atoms with Crippen LogP contribution >= 0.6 is 35.3 Å². The largest absolute Gasteiger partial charge is 0.357 e. The van der Waals surface area contributed by atoms with Crippen LogP contribution in [-0.4, -0.2) is 31.0 Å². The summed E-state index contributed by atoms with van der Waals surface area (Å²) >= 11 is 1.76. The molecule has 0 fully saturated rings. The minimum absolute atomic E-state index is 0. The quantitative estimate of drug-likeness (QED) is 0.410. The third-order valence-electron chi connectivity index (χ3n) is 3.21. The molecule has 0 amide bonds. The lowest BCUT2D eigenvalue weighted by Crippen LogP contribution is -2.38. The molecular weight excluding hydrogens is 424 g/mol. The molecule has 0 bridgehead atoms. The minimum Gasteiger partial charge on any atom is -0.357 e. The summed E-state index contributed by atoms with van der Waals surface area (Å²) < 4.78 is 13.3. The van der Waals surface area contributed by atoms with Crippen LogP contribution in [0.4, 0.5) is 4.39 Å². The monoisotopic (exact) mass is 447 g/mol. The fraction of sp³-hybridized carbons (Fsp3) is 0.353. The molecule has 3 nitrogen and oxygen atoms in total. The third-order valence-corrected chi connectivity index (χ3v) is 4.14. The van der Waals surface area contributed by atoms with Crippen LogP contribution < -0.4 is 5.32 Å². The molecule has 23 heavy (non-hydrogen) atoms. The molecule has 1 heterocycles. The van der Waals surface area contributed by atoms with Crippen molar-refractivity contribution in [2.75, 3.05) is 20.1 Å². The SMILES string of the molecule is CCNC(=NCCc1cccs1)N(C)Cc1cccc(F)c1.I. The maximum absolute atomic E-state index is 13.3. The number of nitrogens with one attached hydrogen (secondary N) is 1. The first-order chi connectivity index (χ1) is 10.7. The first kappa shape index (κ1) is 19.9. The van der Waals surface area contributed by atoms with E-state index in [0.29, 0.717) is 6.54 Å². The highest BCUT2D eigenvalue weighted by molar-refractivity contribution is 14.0. The number of nitrogens with zero attached hydrogens (tertiary/aromatic N) is 2. The normalized spacial score (nSPS) is 11.0. The molecule has 126 valence electrons. The lowest BCUT2D eigenvalue weighted by atomic mass is 10.2. The number of hydrogen-bond acceptors (Lipinski definition) is 2. The maximum atomic E-state index is 13.3. The molecule has 0 spiro atoms. The summed E-state index contributed by atoms with van der Waals surface area (Å²) in [7, 11) is 1.97. The second kappa shape index (κ2) is 10.6. The number of hydrogen-bond donors (Lipinski definition) is 1. The molecular formula is C17H23FIN3S. The van der Waals surface area contributed by atoms with Crippen LogP contribution in [0.5, 0.6) is 0 Å². The van der Waals surface area contributed by atoms with Crippen molar-refractivity contribution in [1.29, 1.82) is 0 Å². The van der Waals surface area contributed by atoms with E-state index in [1.807, 2.05) is 24.9 Å². The van der Waals surface area contributed by atoms with Crippen LogP contribution in [0.3, 0.4) is 0 Å². The Morgan fingerprint density at radius 1 is 1.30 bits per heavy atom. The van der Waals surface area contributed by atoms with Crippen LogP contribution in [0, 0.1) is 5.82 Å². The highest BCUT2D eigenvalue weighted by atomic mass is 127. The van der Waals surface area contributed by atoms with Crippen LogP contribution in [-0.2, 0) is 13.0 Å². The van der Waals surface area contributed by atoms with Gasteiger partial charge in [-0.2, -0.15) is 0 Å². The summed E-state index contributed by atoms with van der Waals surface area (Å²) in [6.07, 6.45) is 0.945. The van der Waals surface area contributed by atoms with Gasteiger partial charge >= 0.3 is 0 Å². The van der Waals surface area contributed by atoms with Gasteiger partial charge in [0, 0.05) is 38.0 Å². The average Bonchev–Trinajstić information content (AvgIpc) is 2.99. The molecule has 0 saturated heterocycles. The van der Waals surface area contributed by atoms with Crippen molar-refractivity contribution in [2.45, 2.75) is 19.9 Å². The van der Waals surface area contributed by atoms with Crippen molar-refractivity contribution in [3.8, 4) is 0 Å². The summed E-state index contributed by atoms with van der Waals surface area (Å²) in [6, 6.07) is 10.9. The Morgan fingerprint density at radius 3 is 2.78 bits per heavy atom. The van der Waals surface area contributed by atoms with E-state index in [9.17, 15) is 4.39 Å². The molecule has 0 unspecified atom stereocenters. The molecule has 0 aliphatic heterocycles. The van der Waals surface area contributed by atoms with Gasteiger partial charge < -0.3 is 10.2 Å². The van der Waals surface area contributed by atoms with E-state index in [2.05, 4.69) is 27.8 Å². The lowest BCUT2D eigenvalue weighted by Gasteiger charge is -2.22. The third kappa shape index (κ3) is 6.87. The van der Waals surface area contributed by atoms with Crippen molar-refractivity contribution >= 4 is 41.3 Å². The molecule has 1 aromatic heterocycles. The zero-order valence-electron chi connectivity index (χ0n) is 13.5. The van der Waals surface area contributed by atoms with Gasteiger partial charge in [0.2, 0.25) is 0 Å². The number of thiophene rings is 1. The Labute approximate surface area is 158 Å². The van der Waals surface area contributed by atoms with Crippen molar-refractivity contribution in [1.82, 2.24) is 10.2 Å². The van der Waals surface area contributed by atoms with E-state index in [-0.39, 0.29) is 29.8 Å². The van der Waals surface area contributed by atoms with Crippen LogP contribution in [0.2, 0.25) is 0 Å². The Bertz CT molecular complexity index is 602. The highest BCUT2D eigenvalue weighted by Crippen LogP contribution is 2.09. The van der Waals surface area contributed by atoms with Crippen molar-refractivity contribution in [3.05, 3.63) is 58.0 Å². The van der Waals surface area contributed by atoms with E-state index >= 15 is 0 Å². The zero-order chi connectivity index (χ0) is 15.8. The van der Waals surface area contributed by atoms with Gasteiger partial charge in [-0.1, -0.05) is 18.2 Å². The highest BCUT2D eigenvalue weighted by Gasteiger charge is 2.07. The van der Waals surface area contributed by atoms with E-state index in [1.165, 1.54) is 10.9 Å². The Hall–Kier alpha value is -1.15. The Balaban J connectivity index is 0.00000264. The first-order valence-corrected chi connectivity index (χ1v) is 8.33. The number of aliphatic imine (C=N–C) groups is 1. The van der Waals surface area contributed by atoms with Gasteiger partial charge in [0.25, 0.3) is 0 Å². The summed E-state index contributed by atoms with van der Waals surface area (Å²) in [6.45, 7) is 4.23. The summed E-state index contributed by atoms with van der Waals surface area (Å²) in [5.74, 6) is 0.647. The predicted octanol–water partition coefficient (Wildman–Crippen LogP) is 4.15. The van der Waals surface area contributed by atoms with E-state index in [0.717, 1.165) is 31.0 Å². The number of benzene rings is 1. The van der Waals surface area contributed by atoms with E-state index in [1.54, 1.807) is 23.5 Å². The van der Waals surface area contributed by atoms with Gasteiger partial charge in [-0.05, 0) is 36.1 Å². The number of halogens is 2. The molecule has 0 aliphatic carbocycles. The molecule has 1 aromatic carbocycles. The summed E-state index contributed by atoms with van der Waals surface area (Å²) in [5, 5.41) is 5.37. The standard InChI is InChI=1S/C17H22FN3S.HI/c1-3-19-17(20-10-9-16-8-5-11-22-16)21(2)13-14-6-4-7-15(18)12-14;/h4-8,11-12H,3,9-10,13H2,1-2H3,(H,19,20);1H.